The molecule has 2 bridgehead atoms. The highest BCUT2D eigenvalue weighted by Gasteiger charge is 2.31. The number of amides is 1. The summed E-state index contributed by atoms with van der Waals surface area (Å²) in [4.78, 5) is 32.0. The zero-order chi connectivity index (χ0) is 22.4. The molecular formula is C21H22FN7O3. The molecular weight excluding hydrogens is 417 g/mol. The number of halogens is 1. The molecule has 0 saturated carbocycles. The van der Waals surface area contributed by atoms with Gasteiger partial charge in [-0.1, -0.05) is 11.3 Å². The molecule has 1 saturated heterocycles. The van der Waals surface area contributed by atoms with Crippen LogP contribution >= 0.6 is 0 Å². The number of carbonyl (C=O) groups is 1. The average Bonchev–Trinajstić information content (AvgIpc) is 3.04. The van der Waals surface area contributed by atoms with E-state index in [1.807, 2.05) is 4.90 Å². The van der Waals surface area contributed by atoms with E-state index in [-0.39, 0.29) is 12.2 Å². The van der Waals surface area contributed by atoms with E-state index in [2.05, 4.69) is 20.6 Å². The van der Waals surface area contributed by atoms with Gasteiger partial charge in [0.1, 0.15) is 5.82 Å². The van der Waals surface area contributed by atoms with Crippen LogP contribution in [-0.4, -0.2) is 48.6 Å². The molecule has 32 heavy (non-hydrogen) atoms. The molecule has 0 aliphatic carbocycles. The smallest absolute Gasteiger partial charge is 0.297 e. The molecule has 2 aromatic heterocycles. The number of aromatic nitrogens is 5. The van der Waals surface area contributed by atoms with Crippen molar-refractivity contribution in [2.75, 3.05) is 18.0 Å². The van der Waals surface area contributed by atoms with Crippen molar-refractivity contribution in [3.8, 4) is 11.4 Å². The molecule has 1 fully saturated rings. The second kappa shape index (κ2) is 7.74. The number of fused-ring (bicyclic) bond motifs is 2. The molecule has 3 aliphatic heterocycles. The molecule has 1 aromatic carbocycles. The van der Waals surface area contributed by atoms with Crippen molar-refractivity contribution in [3.05, 3.63) is 57.5 Å². The molecule has 0 spiro atoms. The first kappa shape index (κ1) is 20.2. The Balaban J connectivity index is 1.44. The highest BCUT2D eigenvalue weighted by Crippen LogP contribution is 2.29. The minimum atomic E-state index is -0.686. The highest BCUT2D eigenvalue weighted by atomic mass is 19.1. The number of piperidine rings is 1. The third-order valence-corrected chi connectivity index (χ3v) is 6.11. The first-order valence-corrected chi connectivity index (χ1v) is 10.5. The van der Waals surface area contributed by atoms with Crippen molar-refractivity contribution >= 4 is 11.9 Å². The molecule has 166 valence electrons. The van der Waals surface area contributed by atoms with E-state index in [0.29, 0.717) is 35.4 Å². The second-order valence-electron chi connectivity index (χ2n) is 8.20. The lowest BCUT2D eigenvalue weighted by Gasteiger charge is -2.27. The lowest BCUT2D eigenvalue weighted by molar-refractivity contribution is 0.0942. The van der Waals surface area contributed by atoms with Crippen LogP contribution < -0.4 is 15.8 Å². The maximum absolute atomic E-state index is 13.9. The number of benzene rings is 1. The van der Waals surface area contributed by atoms with Gasteiger partial charge in [0, 0.05) is 26.2 Å². The first-order chi connectivity index (χ1) is 15.4. The topological polar surface area (TPSA) is 118 Å². The molecule has 0 atom stereocenters. The van der Waals surface area contributed by atoms with Crippen LogP contribution in [0.25, 0.3) is 5.69 Å². The van der Waals surface area contributed by atoms with Crippen LogP contribution in [-0.2, 0) is 13.1 Å². The van der Waals surface area contributed by atoms with Crippen LogP contribution in [0.15, 0.2) is 29.2 Å². The van der Waals surface area contributed by atoms with Crippen molar-refractivity contribution in [2.45, 2.75) is 32.9 Å². The minimum absolute atomic E-state index is 0.0130. The molecule has 3 aliphatic rings. The third kappa shape index (κ3) is 3.39. The van der Waals surface area contributed by atoms with E-state index in [1.165, 1.54) is 27.4 Å². The molecule has 6 rings (SSSR count). The van der Waals surface area contributed by atoms with E-state index in [4.69, 9.17) is 0 Å². The zero-order valence-corrected chi connectivity index (χ0v) is 17.5. The minimum Gasteiger partial charge on any atom is -0.501 e. The second-order valence-corrected chi connectivity index (χ2v) is 8.20. The van der Waals surface area contributed by atoms with Crippen LogP contribution in [0.3, 0.4) is 0 Å². The van der Waals surface area contributed by atoms with Crippen molar-refractivity contribution in [1.29, 1.82) is 0 Å². The van der Waals surface area contributed by atoms with Gasteiger partial charge in [-0.15, -0.1) is 5.10 Å². The van der Waals surface area contributed by atoms with Gasteiger partial charge in [-0.25, -0.2) is 14.1 Å². The van der Waals surface area contributed by atoms with Crippen LogP contribution in [0.4, 0.5) is 10.3 Å². The Labute approximate surface area is 182 Å². The third-order valence-electron chi connectivity index (χ3n) is 6.11. The predicted octanol–water partition coefficient (Wildman–Crippen LogP) is 1.14. The number of rotatable bonds is 4. The maximum atomic E-state index is 13.9. The first-order valence-electron chi connectivity index (χ1n) is 10.5. The van der Waals surface area contributed by atoms with Gasteiger partial charge in [0.2, 0.25) is 11.7 Å². The van der Waals surface area contributed by atoms with Gasteiger partial charge in [0.15, 0.2) is 5.69 Å². The van der Waals surface area contributed by atoms with Gasteiger partial charge in [0.25, 0.3) is 11.5 Å². The standard InChI is InChI=1S/C21H22FN7O3/c1-12-9-24-26-29(12)16-8-15(22)3-2-14(16)10-23-19(31)17-18(30)20(32)28-11-13-4-6-27(7-5-13)21(28)25-17/h2-3,8-9,13,30H,4-7,10-11H2,1H3,(H,23,31). The maximum Gasteiger partial charge on any atom is 0.297 e. The van der Waals surface area contributed by atoms with Gasteiger partial charge >= 0.3 is 0 Å². The summed E-state index contributed by atoms with van der Waals surface area (Å²) in [6.07, 6.45) is 3.43. The monoisotopic (exact) mass is 439 g/mol. The summed E-state index contributed by atoms with van der Waals surface area (Å²) in [6, 6.07) is 4.12. The zero-order valence-electron chi connectivity index (χ0n) is 17.5. The molecule has 0 unspecified atom stereocenters. The SMILES string of the molecule is Cc1cnnn1-c1cc(F)ccc1CNC(=O)c1nc2n(c(=O)c1O)CC1CCN2CC1. The number of hydrogen-bond acceptors (Lipinski definition) is 7. The average molecular weight is 439 g/mol. The summed E-state index contributed by atoms with van der Waals surface area (Å²) < 4.78 is 16.8. The lowest BCUT2D eigenvalue weighted by atomic mass is 9.98. The Morgan fingerprint density at radius 3 is 2.81 bits per heavy atom. The Kier molecular flexibility index (Phi) is 4.87. The Hall–Kier alpha value is -3.76. The highest BCUT2D eigenvalue weighted by molar-refractivity contribution is 5.95. The van der Waals surface area contributed by atoms with E-state index < -0.39 is 23.0 Å². The van der Waals surface area contributed by atoms with E-state index in [0.717, 1.165) is 25.9 Å². The predicted molar refractivity (Wildman–Crippen MR) is 112 cm³/mol. The van der Waals surface area contributed by atoms with Gasteiger partial charge in [-0.3, -0.25) is 14.2 Å². The summed E-state index contributed by atoms with van der Waals surface area (Å²) in [6.45, 7) is 3.81. The van der Waals surface area contributed by atoms with Crippen molar-refractivity contribution < 1.29 is 14.3 Å². The van der Waals surface area contributed by atoms with Crippen LogP contribution in [0.1, 0.15) is 34.6 Å². The summed E-state index contributed by atoms with van der Waals surface area (Å²) in [5.41, 5.74) is 0.793. The fraction of sp³-hybridized carbons (Fsp3) is 0.381. The van der Waals surface area contributed by atoms with Crippen molar-refractivity contribution in [3.63, 3.8) is 0 Å². The number of nitrogens with one attached hydrogen (secondary N) is 1. The van der Waals surface area contributed by atoms with E-state index in [9.17, 15) is 19.1 Å². The summed E-state index contributed by atoms with van der Waals surface area (Å²) in [7, 11) is 0. The van der Waals surface area contributed by atoms with Crippen LogP contribution in [0.5, 0.6) is 5.75 Å². The van der Waals surface area contributed by atoms with Crippen molar-refractivity contribution in [1.82, 2.24) is 29.9 Å². The molecule has 5 heterocycles. The van der Waals surface area contributed by atoms with Crippen LogP contribution in [0, 0.1) is 18.7 Å². The quantitative estimate of drug-likeness (QED) is 0.626. The molecule has 11 heteroatoms. The fourth-order valence-corrected chi connectivity index (χ4v) is 4.34. The van der Waals surface area contributed by atoms with Gasteiger partial charge in [0.05, 0.1) is 17.6 Å². The molecule has 3 aromatic rings. The van der Waals surface area contributed by atoms with Crippen LogP contribution in [0.2, 0.25) is 0 Å². The van der Waals surface area contributed by atoms with E-state index >= 15 is 0 Å². The molecule has 2 N–H and O–H groups in total. The molecule has 0 radical (unpaired) electrons. The number of aryl methyl sites for hydroxylation is 1. The molecule has 1 amide bonds. The lowest BCUT2D eigenvalue weighted by Crippen LogP contribution is -2.35. The van der Waals surface area contributed by atoms with Crippen molar-refractivity contribution in [2.24, 2.45) is 5.92 Å². The van der Waals surface area contributed by atoms with Gasteiger partial charge < -0.3 is 15.3 Å². The number of aromatic hydroxyl groups is 1. The largest absolute Gasteiger partial charge is 0.501 e. The number of hydrogen-bond donors (Lipinski definition) is 2. The summed E-state index contributed by atoms with van der Waals surface area (Å²) in [5, 5.41) is 20.9. The number of carbonyl (C=O) groups excluding carboxylic acids is 1. The fourth-order valence-electron chi connectivity index (χ4n) is 4.34. The Morgan fingerprint density at radius 2 is 2.09 bits per heavy atom. The summed E-state index contributed by atoms with van der Waals surface area (Å²) >= 11 is 0. The molecule has 10 nitrogen and oxygen atoms in total. The Bertz CT molecular complexity index is 1260. The van der Waals surface area contributed by atoms with Gasteiger partial charge in [-0.2, -0.15) is 0 Å². The number of anilines is 1. The number of nitrogens with zero attached hydrogens (tertiary/aromatic N) is 6. The normalized spacial score (nSPS) is 15.5. The Morgan fingerprint density at radius 1 is 1.31 bits per heavy atom. The van der Waals surface area contributed by atoms with E-state index in [1.54, 1.807) is 13.1 Å². The van der Waals surface area contributed by atoms with Gasteiger partial charge in [-0.05, 0) is 43.4 Å². The summed E-state index contributed by atoms with van der Waals surface area (Å²) in [5.74, 6) is -1.03.